The SMILES string of the molecule is Cc1ccc(-c2nnc(CN(C)C(=O)COc3ccc(Br)cc3C)o2)cc1. The van der Waals surface area contributed by atoms with E-state index in [0.717, 1.165) is 21.2 Å². The normalized spacial score (nSPS) is 10.7. The summed E-state index contributed by atoms with van der Waals surface area (Å²) < 4.78 is 12.3. The number of aryl methyl sites for hydroxylation is 2. The molecule has 7 heteroatoms. The van der Waals surface area contributed by atoms with E-state index in [4.69, 9.17) is 9.15 Å². The Morgan fingerprint density at radius 2 is 1.89 bits per heavy atom. The van der Waals surface area contributed by atoms with Crippen molar-refractivity contribution in [3.05, 3.63) is 64.0 Å². The molecule has 0 fully saturated rings. The van der Waals surface area contributed by atoms with Gasteiger partial charge in [-0.25, -0.2) is 0 Å². The minimum atomic E-state index is -0.174. The van der Waals surface area contributed by atoms with Crippen molar-refractivity contribution in [1.29, 1.82) is 0 Å². The van der Waals surface area contributed by atoms with E-state index in [1.54, 1.807) is 7.05 Å². The zero-order chi connectivity index (χ0) is 19.4. The van der Waals surface area contributed by atoms with E-state index in [-0.39, 0.29) is 19.1 Å². The Hall–Kier alpha value is -2.67. The third kappa shape index (κ3) is 4.95. The van der Waals surface area contributed by atoms with Gasteiger partial charge in [0.2, 0.25) is 11.8 Å². The molecule has 27 heavy (non-hydrogen) atoms. The molecule has 0 unspecified atom stereocenters. The Bertz CT molecular complexity index is 938. The van der Waals surface area contributed by atoms with Gasteiger partial charge < -0.3 is 14.1 Å². The van der Waals surface area contributed by atoms with E-state index < -0.39 is 0 Å². The van der Waals surface area contributed by atoms with Crippen LogP contribution in [0.25, 0.3) is 11.5 Å². The minimum absolute atomic E-state index is 0.0576. The highest BCUT2D eigenvalue weighted by atomic mass is 79.9. The summed E-state index contributed by atoms with van der Waals surface area (Å²) >= 11 is 3.40. The molecular weight excluding hydrogens is 410 g/mol. The second-order valence-corrected chi connectivity index (χ2v) is 7.23. The molecule has 0 saturated carbocycles. The van der Waals surface area contributed by atoms with Gasteiger partial charge in [-0.2, -0.15) is 0 Å². The molecule has 0 aliphatic heterocycles. The zero-order valence-corrected chi connectivity index (χ0v) is 17.0. The van der Waals surface area contributed by atoms with Crippen LogP contribution in [0.3, 0.4) is 0 Å². The summed E-state index contributed by atoms with van der Waals surface area (Å²) in [6.45, 7) is 4.11. The van der Waals surface area contributed by atoms with E-state index in [2.05, 4.69) is 26.1 Å². The van der Waals surface area contributed by atoms with E-state index in [1.807, 2.05) is 56.3 Å². The van der Waals surface area contributed by atoms with Crippen LogP contribution in [0, 0.1) is 13.8 Å². The van der Waals surface area contributed by atoms with Crippen molar-refractivity contribution in [3.63, 3.8) is 0 Å². The second-order valence-electron chi connectivity index (χ2n) is 6.32. The number of carbonyl (C=O) groups is 1. The highest BCUT2D eigenvalue weighted by Crippen LogP contribution is 2.22. The van der Waals surface area contributed by atoms with Crippen molar-refractivity contribution in [2.24, 2.45) is 0 Å². The monoisotopic (exact) mass is 429 g/mol. The molecule has 6 nitrogen and oxygen atoms in total. The number of hydrogen-bond acceptors (Lipinski definition) is 5. The molecule has 0 aliphatic rings. The molecular formula is C20H20BrN3O3. The Labute approximate surface area is 166 Å². The number of carbonyl (C=O) groups excluding carboxylic acids is 1. The fourth-order valence-electron chi connectivity index (χ4n) is 2.45. The van der Waals surface area contributed by atoms with Gasteiger partial charge in [-0.15, -0.1) is 10.2 Å². The van der Waals surface area contributed by atoms with Gasteiger partial charge in [-0.1, -0.05) is 33.6 Å². The number of halogens is 1. The van der Waals surface area contributed by atoms with Crippen LogP contribution in [0.5, 0.6) is 5.75 Å². The number of benzene rings is 2. The van der Waals surface area contributed by atoms with Crippen LogP contribution in [0.15, 0.2) is 51.4 Å². The summed E-state index contributed by atoms with van der Waals surface area (Å²) in [6.07, 6.45) is 0. The van der Waals surface area contributed by atoms with Crippen LogP contribution >= 0.6 is 15.9 Å². The maximum atomic E-state index is 12.3. The summed E-state index contributed by atoms with van der Waals surface area (Å²) in [7, 11) is 1.68. The summed E-state index contributed by atoms with van der Waals surface area (Å²) in [5.74, 6) is 1.32. The smallest absolute Gasteiger partial charge is 0.260 e. The first-order valence-electron chi connectivity index (χ1n) is 8.44. The first-order chi connectivity index (χ1) is 12.9. The standard InChI is InChI=1S/C20H20BrN3O3/c1-13-4-6-15(7-5-13)20-23-22-18(27-20)11-24(3)19(25)12-26-17-9-8-16(21)10-14(17)2/h4-10H,11-12H2,1-3H3. The molecule has 0 radical (unpaired) electrons. The molecule has 2 aromatic carbocycles. The van der Waals surface area contributed by atoms with E-state index in [0.29, 0.717) is 17.5 Å². The predicted octanol–water partition coefficient (Wildman–Crippen LogP) is 4.15. The molecule has 1 amide bonds. The number of rotatable bonds is 6. The maximum Gasteiger partial charge on any atom is 0.260 e. The van der Waals surface area contributed by atoms with Gasteiger partial charge in [0.25, 0.3) is 5.91 Å². The predicted molar refractivity (Wildman–Crippen MR) is 105 cm³/mol. The highest BCUT2D eigenvalue weighted by molar-refractivity contribution is 9.10. The van der Waals surface area contributed by atoms with Crippen LogP contribution < -0.4 is 4.74 Å². The Morgan fingerprint density at radius 1 is 1.15 bits per heavy atom. The number of nitrogens with zero attached hydrogens (tertiary/aromatic N) is 3. The van der Waals surface area contributed by atoms with Crippen LogP contribution in [0.1, 0.15) is 17.0 Å². The largest absolute Gasteiger partial charge is 0.483 e. The van der Waals surface area contributed by atoms with Crippen LogP contribution in [-0.4, -0.2) is 34.7 Å². The third-order valence-corrected chi connectivity index (χ3v) is 4.54. The van der Waals surface area contributed by atoms with Crippen molar-refractivity contribution >= 4 is 21.8 Å². The molecule has 0 saturated heterocycles. The van der Waals surface area contributed by atoms with Crippen LogP contribution in [-0.2, 0) is 11.3 Å². The summed E-state index contributed by atoms with van der Waals surface area (Å²) in [4.78, 5) is 13.8. The van der Waals surface area contributed by atoms with Gasteiger partial charge in [0.1, 0.15) is 5.75 Å². The van der Waals surface area contributed by atoms with Crippen molar-refractivity contribution in [2.45, 2.75) is 20.4 Å². The third-order valence-electron chi connectivity index (χ3n) is 4.05. The molecule has 0 aliphatic carbocycles. The van der Waals surface area contributed by atoms with E-state index >= 15 is 0 Å². The first-order valence-corrected chi connectivity index (χ1v) is 9.24. The van der Waals surface area contributed by atoms with E-state index in [1.165, 1.54) is 4.90 Å². The summed E-state index contributed by atoms with van der Waals surface area (Å²) in [5.41, 5.74) is 2.96. The van der Waals surface area contributed by atoms with Gasteiger partial charge in [-0.3, -0.25) is 4.79 Å². The molecule has 0 atom stereocenters. The molecule has 1 aromatic heterocycles. The lowest BCUT2D eigenvalue weighted by molar-refractivity contribution is -0.132. The average Bonchev–Trinajstić information content (AvgIpc) is 3.09. The highest BCUT2D eigenvalue weighted by Gasteiger charge is 2.15. The zero-order valence-electron chi connectivity index (χ0n) is 15.4. The van der Waals surface area contributed by atoms with Crippen molar-refractivity contribution in [2.75, 3.05) is 13.7 Å². The Balaban J connectivity index is 1.57. The fourth-order valence-corrected chi connectivity index (χ4v) is 2.92. The number of amides is 1. The maximum absolute atomic E-state index is 12.3. The molecule has 3 aromatic rings. The minimum Gasteiger partial charge on any atom is -0.483 e. The van der Waals surface area contributed by atoms with E-state index in [9.17, 15) is 4.79 Å². The topological polar surface area (TPSA) is 68.5 Å². The van der Waals surface area contributed by atoms with Gasteiger partial charge in [-0.05, 0) is 49.7 Å². The number of ether oxygens (including phenoxy) is 1. The second kappa shape index (κ2) is 8.35. The lowest BCUT2D eigenvalue weighted by atomic mass is 10.1. The Morgan fingerprint density at radius 3 is 2.59 bits per heavy atom. The van der Waals surface area contributed by atoms with Gasteiger partial charge in [0.15, 0.2) is 6.61 Å². The molecule has 0 N–H and O–H groups in total. The quantitative estimate of drug-likeness (QED) is 0.588. The summed E-state index contributed by atoms with van der Waals surface area (Å²) in [5, 5.41) is 8.07. The van der Waals surface area contributed by atoms with Crippen molar-refractivity contribution < 1.29 is 13.9 Å². The van der Waals surface area contributed by atoms with Crippen molar-refractivity contribution in [1.82, 2.24) is 15.1 Å². The lowest BCUT2D eigenvalue weighted by Crippen LogP contribution is -2.31. The summed E-state index contributed by atoms with van der Waals surface area (Å²) in [6, 6.07) is 13.5. The average molecular weight is 430 g/mol. The molecule has 3 rings (SSSR count). The first kappa shape index (κ1) is 19.1. The van der Waals surface area contributed by atoms with Gasteiger partial charge >= 0.3 is 0 Å². The number of likely N-dealkylation sites (N-methyl/N-ethyl adjacent to an activating group) is 1. The molecule has 140 valence electrons. The fraction of sp³-hybridized carbons (Fsp3) is 0.250. The van der Waals surface area contributed by atoms with Crippen LogP contribution in [0.4, 0.5) is 0 Å². The lowest BCUT2D eigenvalue weighted by Gasteiger charge is -2.16. The number of aromatic nitrogens is 2. The molecule has 0 bridgehead atoms. The molecule has 0 spiro atoms. The van der Waals surface area contributed by atoms with Gasteiger partial charge in [0.05, 0.1) is 6.54 Å². The van der Waals surface area contributed by atoms with Crippen molar-refractivity contribution in [3.8, 4) is 17.2 Å². The molecule has 1 heterocycles. The number of hydrogen-bond donors (Lipinski definition) is 0. The van der Waals surface area contributed by atoms with Crippen LogP contribution in [0.2, 0.25) is 0 Å². The Kier molecular flexibility index (Phi) is 5.91. The van der Waals surface area contributed by atoms with Gasteiger partial charge in [0, 0.05) is 17.1 Å².